The first kappa shape index (κ1) is 15.1. The van der Waals surface area contributed by atoms with Crippen LogP contribution in [0.1, 0.15) is 57.0 Å². The van der Waals surface area contributed by atoms with Crippen molar-refractivity contribution in [2.24, 2.45) is 5.92 Å². The van der Waals surface area contributed by atoms with Crippen LogP contribution in [0.5, 0.6) is 0 Å². The van der Waals surface area contributed by atoms with Crippen LogP contribution >= 0.6 is 0 Å². The molecule has 0 radical (unpaired) electrons. The maximum Gasteiger partial charge on any atom is 0.258 e. The molecule has 0 saturated heterocycles. The summed E-state index contributed by atoms with van der Waals surface area (Å²) in [4.78, 5) is 14.7. The molecule has 0 bridgehead atoms. The van der Waals surface area contributed by atoms with E-state index in [0.29, 0.717) is 5.92 Å². The number of hydrogen-bond donors (Lipinski definition) is 0. The number of hydrogen-bond acceptors (Lipinski definition) is 1. The van der Waals surface area contributed by atoms with E-state index >= 15 is 0 Å². The zero-order chi connectivity index (χ0) is 16.1. The molecule has 0 N–H and O–H groups in total. The van der Waals surface area contributed by atoms with E-state index in [1.807, 2.05) is 17.0 Å². The summed E-state index contributed by atoms with van der Waals surface area (Å²) < 4.78 is 0. The van der Waals surface area contributed by atoms with E-state index in [-0.39, 0.29) is 11.3 Å². The molecule has 1 aliphatic rings. The van der Waals surface area contributed by atoms with Crippen molar-refractivity contribution < 1.29 is 4.79 Å². The number of amides is 1. The number of carbonyl (C=O) groups excluding carboxylic acids is 1. The maximum atomic E-state index is 12.8. The van der Waals surface area contributed by atoms with Gasteiger partial charge in [-0.25, -0.2) is 0 Å². The number of benzene rings is 2. The molecule has 1 aliphatic heterocycles. The smallest absolute Gasteiger partial charge is 0.258 e. The summed E-state index contributed by atoms with van der Waals surface area (Å²) in [5.41, 5.74) is 3.34. The van der Waals surface area contributed by atoms with Gasteiger partial charge in [0.1, 0.15) is 0 Å². The SMILES string of the molecule is CC(C)CCN1C(=O)c2cccc3c(C(C)(C)C)ccc1c23. The minimum Gasteiger partial charge on any atom is -0.308 e. The lowest BCUT2D eigenvalue weighted by Crippen LogP contribution is -2.28. The van der Waals surface area contributed by atoms with Gasteiger partial charge in [-0.15, -0.1) is 0 Å². The van der Waals surface area contributed by atoms with Crippen LogP contribution in [0.3, 0.4) is 0 Å². The molecule has 0 saturated carbocycles. The fourth-order valence-corrected chi connectivity index (χ4v) is 3.31. The van der Waals surface area contributed by atoms with Crippen molar-refractivity contribution in [2.75, 3.05) is 11.4 Å². The third-order valence-electron chi connectivity index (χ3n) is 4.52. The Morgan fingerprint density at radius 2 is 1.82 bits per heavy atom. The third kappa shape index (κ3) is 2.31. The van der Waals surface area contributed by atoms with Crippen molar-refractivity contribution in [3.05, 3.63) is 41.5 Å². The van der Waals surface area contributed by atoms with Crippen LogP contribution in [0.15, 0.2) is 30.3 Å². The summed E-state index contributed by atoms with van der Waals surface area (Å²) >= 11 is 0. The second-order valence-corrected chi connectivity index (χ2v) is 7.75. The molecule has 0 fully saturated rings. The molecule has 0 spiro atoms. The van der Waals surface area contributed by atoms with Gasteiger partial charge in [-0.2, -0.15) is 0 Å². The first-order valence-corrected chi connectivity index (χ1v) is 8.19. The van der Waals surface area contributed by atoms with E-state index in [0.717, 1.165) is 29.6 Å². The molecule has 116 valence electrons. The number of nitrogens with zero attached hydrogens (tertiary/aromatic N) is 1. The van der Waals surface area contributed by atoms with E-state index in [2.05, 4.69) is 52.8 Å². The van der Waals surface area contributed by atoms with E-state index in [9.17, 15) is 4.79 Å². The van der Waals surface area contributed by atoms with Gasteiger partial charge >= 0.3 is 0 Å². The van der Waals surface area contributed by atoms with Gasteiger partial charge in [-0.3, -0.25) is 4.79 Å². The number of carbonyl (C=O) groups is 1. The Kier molecular flexibility index (Phi) is 3.51. The lowest BCUT2D eigenvalue weighted by molar-refractivity contribution is 0.0992. The van der Waals surface area contributed by atoms with Crippen molar-refractivity contribution in [2.45, 2.75) is 46.5 Å². The molecule has 2 aromatic carbocycles. The van der Waals surface area contributed by atoms with Crippen molar-refractivity contribution in [1.29, 1.82) is 0 Å². The van der Waals surface area contributed by atoms with Gasteiger partial charge in [0.2, 0.25) is 0 Å². The van der Waals surface area contributed by atoms with Crippen LogP contribution in [-0.4, -0.2) is 12.5 Å². The minimum absolute atomic E-state index is 0.0750. The molecule has 2 heteroatoms. The Morgan fingerprint density at radius 1 is 1.09 bits per heavy atom. The Balaban J connectivity index is 2.17. The van der Waals surface area contributed by atoms with Crippen molar-refractivity contribution >= 4 is 22.4 Å². The Bertz CT molecular complexity index is 737. The zero-order valence-electron chi connectivity index (χ0n) is 14.2. The molecule has 0 atom stereocenters. The largest absolute Gasteiger partial charge is 0.308 e. The fourth-order valence-electron chi connectivity index (χ4n) is 3.31. The molecule has 1 amide bonds. The Labute approximate surface area is 133 Å². The van der Waals surface area contributed by atoms with Gasteiger partial charge in [-0.05, 0) is 40.8 Å². The summed E-state index contributed by atoms with van der Waals surface area (Å²) in [5.74, 6) is 0.758. The van der Waals surface area contributed by atoms with Gasteiger partial charge in [-0.1, -0.05) is 52.8 Å². The topological polar surface area (TPSA) is 20.3 Å². The zero-order valence-corrected chi connectivity index (χ0v) is 14.2. The van der Waals surface area contributed by atoms with Gasteiger partial charge in [0.15, 0.2) is 0 Å². The summed E-state index contributed by atoms with van der Waals surface area (Å²) in [6.45, 7) is 11.9. The van der Waals surface area contributed by atoms with Gasteiger partial charge in [0.05, 0.1) is 5.69 Å². The predicted molar refractivity (Wildman–Crippen MR) is 93.8 cm³/mol. The second-order valence-electron chi connectivity index (χ2n) is 7.75. The van der Waals surface area contributed by atoms with Crippen molar-refractivity contribution in [3.8, 4) is 0 Å². The van der Waals surface area contributed by atoms with Gasteiger partial charge < -0.3 is 4.90 Å². The highest BCUT2D eigenvalue weighted by atomic mass is 16.2. The predicted octanol–water partition coefficient (Wildman–Crippen LogP) is 5.14. The van der Waals surface area contributed by atoms with Crippen LogP contribution < -0.4 is 4.90 Å². The summed E-state index contributed by atoms with van der Waals surface area (Å²) in [6.07, 6.45) is 1.03. The van der Waals surface area contributed by atoms with E-state index in [1.54, 1.807) is 0 Å². The highest BCUT2D eigenvalue weighted by Crippen LogP contribution is 2.41. The highest BCUT2D eigenvalue weighted by Gasteiger charge is 2.31. The van der Waals surface area contributed by atoms with E-state index < -0.39 is 0 Å². The number of rotatable bonds is 3. The van der Waals surface area contributed by atoms with Gasteiger partial charge in [0, 0.05) is 17.5 Å². The first-order chi connectivity index (χ1) is 10.3. The molecule has 3 rings (SSSR count). The van der Waals surface area contributed by atoms with Crippen LogP contribution in [0.25, 0.3) is 10.8 Å². The van der Waals surface area contributed by atoms with Gasteiger partial charge in [0.25, 0.3) is 5.91 Å². The molecular formula is C20H25NO. The first-order valence-electron chi connectivity index (χ1n) is 8.19. The van der Waals surface area contributed by atoms with E-state index in [4.69, 9.17) is 0 Å². The fraction of sp³-hybridized carbons (Fsp3) is 0.450. The van der Waals surface area contributed by atoms with Crippen LogP contribution in [-0.2, 0) is 5.41 Å². The minimum atomic E-state index is 0.0750. The molecule has 0 aliphatic carbocycles. The van der Waals surface area contributed by atoms with Crippen LogP contribution in [0.4, 0.5) is 5.69 Å². The molecule has 2 aromatic rings. The molecule has 0 unspecified atom stereocenters. The lowest BCUT2D eigenvalue weighted by atomic mass is 9.83. The van der Waals surface area contributed by atoms with Crippen LogP contribution in [0.2, 0.25) is 0 Å². The quantitative estimate of drug-likeness (QED) is 0.767. The maximum absolute atomic E-state index is 12.8. The summed E-state index contributed by atoms with van der Waals surface area (Å²) in [7, 11) is 0. The third-order valence-corrected chi connectivity index (χ3v) is 4.52. The molecule has 2 nitrogen and oxygen atoms in total. The Morgan fingerprint density at radius 3 is 2.45 bits per heavy atom. The monoisotopic (exact) mass is 295 g/mol. The lowest BCUT2D eigenvalue weighted by Gasteiger charge is -2.23. The standard InChI is InChI=1S/C20H25NO/c1-13(2)11-12-21-17-10-9-16(20(3,4)5)14-7-6-8-15(18(14)17)19(21)22/h6-10,13H,11-12H2,1-5H3. The highest BCUT2D eigenvalue weighted by molar-refractivity contribution is 6.25. The van der Waals surface area contributed by atoms with E-state index in [1.165, 1.54) is 10.9 Å². The molecule has 0 aromatic heterocycles. The molecule has 1 heterocycles. The number of anilines is 1. The normalized spacial score (nSPS) is 14.5. The summed E-state index contributed by atoms with van der Waals surface area (Å²) in [6, 6.07) is 10.5. The second kappa shape index (κ2) is 5.12. The average molecular weight is 295 g/mol. The summed E-state index contributed by atoms with van der Waals surface area (Å²) in [5, 5.41) is 2.37. The molecule has 22 heavy (non-hydrogen) atoms. The molecular weight excluding hydrogens is 270 g/mol. The average Bonchev–Trinajstić information content (AvgIpc) is 2.71. The van der Waals surface area contributed by atoms with Crippen LogP contribution in [0, 0.1) is 5.92 Å². The van der Waals surface area contributed by atoms with Crippen molar-refractivity contribution in [3.63, 3.8) is 0 Å². The Hall–Kier alpha value is -1.83. The van der Waals surface area contributed by atoms with Crippen molar-refractivity contribution in [1.82, 2.24) is 0 Å².